The number of hydrogen-bond acceptors (Lipinski definition) is 4. The van der Waals surface area contributed by atoms with Gasteiger partial charge >= 0.3 is 6.09 Å². The molecule has 0 heterocycles. The van der Waals surface area contributed by atoms with E-state index >= 15 is 0 Å². The van der Waals surface area contributed by atoms with E-state index in [4.69, 9.17) is 4.74 Å². The second-order valence-electron chi connectivity index (χ2n) is 11.9. The Kier molecular flexibility index (Phi) is 6.67. The largest absolute Gasteiger partial charge is 0.450 e. The maximum Gasteiger partial charge on any atom is 0.407 e. The topological polar surface area (TPSA) is 78.8 Å². The minimum atomic E-state index is -0.309. The van der Waals surface area contributed by atoms with Gasteiger partial charge in [-0.2, -0.15) is 0 Å². The molecule has 5 heteroatoms. The third-order valence-corrected chi connectivity index (χ3v) is 10.6. The standard InChI is InChI=1S/C26H45NO4/c1-5-31-24(30)27-13-10-16(2)19-6-7-20-23-21(9-12-26(19,20)4)25(3)11-8-18(28)14-17(25)15-22(23)29/h16-23,28-29H,5-15H2,1-4H3,(H,27,30)/t16-,17?,18-,19?,20+,21+,22-,23+,25+,26-/m1/s1. The Labute approximate surface area is 188 Å². The lowest BCUT2D eigenvalue weighted by molar-refractivity contribution is -0.174. The van der Waals surface area contributed by atoms with E-state index in [-0.39, 0.29) is 23.7 Å². The quantitative estimate of drug-likeness (QED) is 0.582. The zero-order valence-corrected chi connectivity index (χ0v) is 20.1. The van der Waals surface area contributed by atoms with Crippen LogP contribution in [0.1, 0.15) is 85.5 Å². The van der Waals surface area contributed by atoms with Crippen LogP contribution in [0.25, 0.3) is 0 Å². The molecule has 4 aliphatic rings. The first-order valence-corrected chi connectivity index (χ1v) is 13.0. The van der Waals surface area contributed by atoms with E-state index in [1.54, 1.807) is 0 Å². The average Bonchev–Trinajstić information content (AvgIpc) is 3.06. The lowest BCUT2D eigenvalue weighted by Crippen LogP contribution is -2.58. The summed E-state index contributed by atoms with van der Waals surface area (Å²) in [5.74, 6) is 3.32. The molecule has 4 saturated carbocycles. The van der Waals surface area contributed by atoms with E-state index in [0.717, 1.165) is 32.1 Å². The summed E-state index contributed by atoms with van der Waals surface area (Å²) >= 11 is 0. The average molecular weight is 436 g/mol. The predicted molar refractivity (Wildman–Crippen MR) is 121 cm³/mol. The first-order chi connectivity index (χ1) is 14.7. The van der Waals surface area contributed by atoms with Crippen LogP contribution >= 0.6 is 0 Å². The van der Waals surface area contributed by atoms with Gasteiger partial charge in [0.2, 0.25) is 0 Å². The zero-order chi connectivity index (χ0) is 22.4. The summed E-state index contributed by atoms with van der Waals surface area (Å²) in [4.78, 5) is 11.6. The number of rotatable bonds is 5. The zero-order valence-electron chi connectivity index (χ0n) is 20.1. The van der Waals surface area contributed by atoms with Crippen molar-refractivity contribution >= 4 is 6.09 Å². The van der Waals surface area contributed by atoms with Crippen molar-refractivity contribution in [3.63, 3.8) is 0 Å². The van der Waals surface area contributed by atoms with Gasteiger partial charge in [0.05, 0.1) is 18.8 Å². The highest BCUT2D eigenvalue weighted by molar-refractivity contribution is 5.66. The summed E-state index contributed by atoms with van der Waals surface area (Å²) < 4.78 is 4.99. The molecule has 31 heavy (non-hydrogen) atoms. The molecule has 0 spiro atoms. The molecule has 0 aromatic carbocycles. The Hall–Kier alpha value is -0.810. The fourth-order valence-electron chi connectivity index (χ4n) is 8.96. The molecule has 0 aromatic heterocycles. The summed E-state index contributed by atoms with van der Waals surface area (Å²) in [6.07, 6.45) is 9.08. The Morgan fingerprint density at radius 3 is 2.52 bits per heavy atom. The lowest BCUT2D eigenvalue weighted by Gasteiger charge is -2.62. The Balaban J connectivity index is 1.45. The maximum absolute atomic E-state index is 11.6. The highest BCUT2D eigenvalue weighted by atomic mass is 16.5. The minimum absolute atomic E-state index is 0.171. The molecule has 0 radical (unpaired) electrons. The number of aliphatic hydroxyl groups excluding tert-OH is 2. The van der Waals surface area contributed by atoms with E-state index in [1.165, 1.54) is 25.7 Å². The van der Waals surface area contributed by atoms with Crippen molar-refractivity contribution in [2.24, 2.45) is 46.3 Å². The molecule has 4 fully saturated rings. The summed E-state index contributed by atoms with van der Waals surface area (Å²) in [5.41, 5.74) is 0.584. The number of fused-ring (bicyclic) bond motifs is 5. The summed E-state index contributed by atoms with van der Waals surface area (Å²) in [6, 6.07) is 0. The lowest BCUT2D eigenvalue weighted by atomic mass is 9.43. The van der Waals surface area contributed by atoms with E-state index in [9.17, 15) is 15.0 Å². The van der Waals surface area contributed by atoms with Gasteiger partial charge in [-0.3, -0.25) is 0 Å². The van der Waals surface area contributed by atoms with Gasteiger partial charge in [-0.1, -0.05) is 20.8 Å². The highest BCUT2D eigenvalue weighted by Crippen LogP contribution is 2.68. The molecular weight excluding hydrogens is 390 g/mol. The van der Waals surface area contributed by atoms with Crippen LogP contribution in [-0.4, -0.2) is 41.7 Å². The third kappa shape index (κ3) is 4.03. The second-order valence-corrected chi connectivity index (χ2v) is 11.9. The fraction of sp³-hybridized carbons (Fsp3) is 0.962. The molecule has 2 unspecified atom stereocenters. The molecule has 0 saturated heterocycles. The third-order valence-electron chi connectivity index (χ3n) is 10.6. The molecule has 4 rings (SSSR count). The van der Waals surface area contributed by atoms with Crippen molar-refractivity contribution in [2.45, 2.75) is 97.7 Å². The number of amides is 1. The Morgan fingerprint density at radius 2 is 1.77 bits per heavy atom. The molecule has 0 bridgehead atoms. The molecule has 1 amide bonds. The first-order valence-electron chi connectivity index (χ1n) is 13.0. The molecule has 3 N–H and O–H groups in total. The number of ether oxygens (including phenoxy) is 1. The number of carbonyl (C=O) groups excluding carboxylic acids is 1. The van der Waals surface area contributed by atoms with Crippen LogP contribution in [0.5, 0.6) is 0 Å². The molecular formula is C26H45NO4. The first kappa shape index (κ1) is 23.4. The smallest absolute Gasteiger partial charge is 0.407 e. The summed E-state index contributed by atoms with van der Waals surface area (Å²) in [7, 11) is 0. The Bertz CT molecular complexity index is 655. The fourth-order valence-corrected chi connectivity index (χ4v) is 8.96. The molecule has 10 atom stereocenters. The van der Waals surface area contributed by atoms with Crippen LogP contribution in [0.4, 0.5) is 4.79 Å². The number of carbonyl (C=O) groups is 1. The number of aliphatic hydroxyl groups is 2. The van der Waals surface area contributed by atoms with E-state index in [0.29, 0.717) is 54.1 Å². The van der Waals surface area contributed by atoms with Crippen LogP contribution in [0.3, 0.4) is 0 Å². The number of hydrogen-bond donors (Lipinski definition) is 3. The maximum atomic E-state index is 11.6. The molecule has 4 aliphatic carbocycles. The van der Waals surface area contributed by atoms with Gasteiger partial charge in [0, 0.05) is 6.54 Å². The van der Waals surface area contributed by atoms with Gasteiger partial charge < -0.3 is 20.3 Å². The highest BCUT2D eigenvalue weighted by Gasteiger charge is 2.62. The van der Waals surface area contributed by atoms with E-state index in [2.05, 4.69) is 26.1 Å². The molecule has 0 aliphatic heterocycles. The predicted octanol–water partition coefficient (Wildman–Crippen LogP) is 4.75. The minimum Gasteiger partial charge on any atom is -0.450 e. The van der Waals surface area contributed by atoms with Crippen LogP contribution in [-0.2, 0) is 4.74 Å². The van der Waals surface area contributed by atoms with Crippen LogP contribution in [0, 0.1) is 46.3 Å². The van der Waals surface area contributed by atoms with Gasteiger partial charge in [-0.15, -0.1) is 0 Å². The van der Waals surface area contributed by atoms with Crippen LogP contribution in [0.2, 0.25) is 0 Å². The second kappa shape index (κ2) is 8.85. The van der Waals surface area contributed by atoms with Crippen molar-refractivity contribution in [1.29, 1.82) is 0 Å². The Morgan fingerprint density at radius 1 is 1.06 bits per heavy atom. The van der Waals surface area contributed by atoms with Crippen molar-refractivity contribution in [1.82, 2.24) is 5.32 Å². The summed E-state index contributed by atoms with van der Waals surface area (Å²) in [5, 5.41) is 24.5. The van der Waals surface area contributed by atoms with Crippen molar-refractivity contribution in [2.75, 3.05) is 13.2 Å². The molecule has 5 nitrogen and oxygen atoms in total. The van der Waals surface area contributed by atoms with E-state index in [1.807, 2.05) is 6.92 Å². The van der Waals surface area contributed by atoms with Gasteiger partial charge in [0.25, 0.3) is 0 Å². The number of alkyl carbamates (subject to hydrolysis) is 1. The van der Waals surface area contributed by atoms with Gasteiger partial charge in [-0.25, -0.2) is 4.79 Å². The SMILES string of the molecule is CCOC(=O)NCC[C@@H](C)C1CC[C@H]2[C@@H]3[C@H](O)CC4C[C@H](O)CC[C@]4(C)[C@H]3CC[C@]12C. The molecule has 0 aromatic rings. The monoisotopic (exact) mass is 435 g/mol. The normalized spacial score (nSPS) is 47.6. The number of nitrogens with one attached hydrogen (secondary N) is 1. The van der Waals surface area contributed by atoms with Gasteiger partial charge in [0.1, 0.15) is 0 Å². The molecule has 178 valence electrons. The van der Waals surface area contributed by atoms with Crippen molar-refractivity contribution in [3.05, 3.63) is 0 Å². The van der Waals surface area contributed by atoms with Crippen LogP contribution in [0.15, 0.2) is 0 Å². The van der Waals surface area contributed by atoms with E-state index < -0.39 is 0 Å². The summed E-state index contributed by atoms with van der Waals surface area (Å²) in [6.45, 7) is 10.3. The van der Waals surface area contributed by atoms with Crippen molar-refractivity contribution < 1.29 is 19.7 Å². The van der Waals surface area contributed by atoms with Crippen molar-refractivity contribution in [3.8, 4) is 0 Å². The van der Waals surface area contributed by atoms with Gasteiger partial charge in [-0.05, 0) is 111 Å². The van der Waals surface area contributed by atoms with Crippen LogP contribution < -0.4 is 5.32 Å². The van der Waals surface area contributed by atoms with Gasteiger partial charge in [0.15, 0.2) is 0 Å².